The Labute approximate surface area is 104 Å². The smallest absolute Gasteiger partial charge is 0.123 e. The first-order valence-electron chi connectivity index (χ1n) is 6.85. The molecule has 3 unspecified atom stereocenters. The van der Waals surface area contributed by atoms with Gasteiger partial charge in [-0.05, 0) is 36.7 Å². The summed E-state index contributed by atoms with van der Waals surface area (Å²) < 4.78 is 0. The lowest BCUT2D eigenvalue weighted by Crippen LogP contribution is -2.24. The first-order valence-corrected chi connectivity index (χ1v) is 6.85. The van der Waals surface area contributed by atoms with Crippen LogP contribution in [0.1, 0.15) is 50.5 Å². The first kappa shape index (κ1) is 12.3. The highest BCUT2D eigenvalue weighted by Crippen LogP contribution is 2.41. The van der Waals surface area contributed by atoms with E-state index in [9.17, 15) is 4.79 Å². The standard InChI is InChI=1S/C16H22O/c1-2-6-15-11-13(12-17)9-10-16(15)14-7-4-3-5-8-14/h3-5,7-8,12-13,15-16H,2,6,9-11H2,1H3. The summed E-state index contributed by atoms with van der Waals surface area (Å²) in [6.07, 6.45) is 6.99. The van der Waals surface area contributed by atoms with Gasteiger partial charge in [-0.2, -0.15) is 0 Å². The van der Waals surface area contributed by atoms with Crippen LogP contribution >= 0.6 is 0 Å². The maximum atomic E-state index is 11.0. The SMILES string of the molecule is CCCC1CC(C=O)CCC1c1ccccc1. The average molecular weight is 230 g/mol. The van der Waals surface area contributed by atoms with Gasteiger partial charge in [-0.15, -0.1) is 0 Å². The zero-order chi connectivity index (χ0) is 12.1. The molecular formula is C16H22O. The Morgan fingerprint density at radius 2 is 2.00 bits per heavy atom. The number of aldehydes is 1. The quantitative estimate of drug-likeness (QED) is 0.709. The fourth-order valence-corrected chi connectivity index (χ4v) is 3.25. The van der Waals surface area contributed by atoms with Crippen molar-refractivity contribution in [3.8, 4) is 0 Å². The summed E-state index contributed by atoms with van der Waals surface area (Å²) in [5.74, 6) is 1.69. The molecule has 0 bridgehead atoms. The molecule has 0 radical (unpaired) electrons. The van der Waals surface area contributed by atoms with Crippen LogP contribution in [-0.2, 0) is 4.79 Å². The van der Waals surface area contributed by atoms with E-state index in [0.29, 0.717) is 17.8 Å². The van der Waals surface area contributed by atoms with E-state index >= 15 is 0 Å². The van der Waals surface area contributed by atoms with Crippen molar-refractivity contribution < 1.29 is 4.79 Å². The molecule has 0 aromatic heterocycles. The molecule has 1 fully saturated rings. The largest absolute Gasteiger partial charge is 0.303 e. The summed E-state index contributed by atoms with van der Waals surface area (Å²) in [5, 5.41) is 0. The van der Waals surface area contributed by atoms with Crippen LogP contribution in [0.4, 0.5) is 0 Å². The first-order chi connectivity index (χ1) is 8.35. The van der Waals surface area contributed by atoms with Crippen LogP contribution in [0.5, 0.6) is 0 Å². The highest BCUT2D eigenvalue weighted by Gasteiger charge is 2.30. The lowest BCUT2D eigenvalue weighted by Gasteiger charge is -2.34. The van der Waals surface area contributed by atoms with E-state index in [1.807, 2.05) is 0 Å². The molecule has 2 rings (SSSR count). The predicted molar refractivity (Wildman–Crippen MR) is 71.0 cm³/mol. The van der Waals surface area contributed by atoms with Gasteiger partial charge in [0.25, 0.3) is 0 Å². The summed E-state index contributed by atoms with van der Waals surface area (Å²) in [7, 11) is 0. The summed E-state index contributed by atoms with van der Waals surface area (Å²) >= 11 is 0. The molecule has 0 amide bonds. The van der Waals surface area contributed by atoms with Gasteiger partial charge < -0.3 is 4.79 Å². The van der Waals surface area contributed by atoms with Crippen molar-refractivity contribution in [2.24, 2.45) is 11.8 Å². The van der Waals surface area contributed by atoms with Crippen LogP contribution in [0.2, 0.25) is 0 Å². The van der Waals surface area contributed by atoms with Gasteiger partial charge in [-0.25, -0.2) is 0 Å². The Hall–Kier alpha value is -1.11. The number of rotatable bonds is 4. The van der Waals surface area contributed by atoms with Crippen molar-refractivity contribution in [2.45, 2.75) is 44.9 Å². The molecule has 1 heteroatoms. The van der Waals surface area contributed by atoms with Crippen molar-refractivity contribution in [3.05, 3.63) is 35.9 Å². The Balaban J connectivity index is 2.12. The number of carbonyl (C=O) groups is 1. The van der Waals surface area contributed by atoms with E-state index in [2.05, 4.69) is 37.3 Å². The fourth-order valence-electron chi connectivity index (χ4n) is 3.25. The number of benzene rings is 1. The van der Waals surface area contributed by atoms with Crippen LogP contribution in [0.25, 0.3) is 0 Å². The molecule has 1 nitrogen and oxygen atoms in total. The molecule has 0 saturated heterocycles. The molecule has 92 valence electrons. The van der Waals surface area contributed by atoms with Gasteiger partial charge in [-0.3, -0.25) is 0 Å². The number of carbonyl (C=O) groups excluding carboxylic acids is 1. The number of hydrogen-bond donors (Lipinski definition) is 0. The summed E-state index contributed by atoms with van der Waals surface area (Å²) in [5.41, 5.74) is 1.47. The minimum atomic E-state index is 0.312. The van der Waals surface area contributed by atoms with Crippen molar-refractivity contribution in [1.82, 2.24) is 0 Å². The second-order valence-electron chi connectivity index (χ2n) is 5.28. The molecule has 0 aliphatic heterocycles. The summed E-state index contributed by atoms with van der Waals surface area (Å²) in [6, 6.07) is 10.8. The molecular weight excluding hydrogens is 208 g/mol. The molecule has 1 saturated carbocycles. The Morgan fingerprint density at radius 1 is 1.24 bits per heavy atom. The van der Waals surface area contributed by atoms with Gasteiger partial charge in [0.2, 0.25) is 0 Å². The van der Waals surface area contributed by atoms with Gasteiger partial charge in [0.05, 0.1) is 0 Å². The normalized spacial score (nSPS) is 28.9. The molecule has 1 aliphatic carbocycles. The Kier molecular flexibility index (Phi) is 4.36. The second kappa shape index (κ2) is 6.00. The van der Waals surface area contributed by atoms with Gasteiger partial charge in [0, 0.05) is 5.92 Å². The second-order valence-corrected chi connectivity index (χ2v) is 5.28. The van der Waals surface area contributed by atoms with Crippen molar-refractivity contribution in [1.29, 1.82) is 0 Å². The van der Waals surface area contributed by atoms with E-state index in [1.165, 1.54) is 31.1 Å². The molecule has 0 heterocycles. The molecule has 0 spiro atoms. The van der Waals surface area contributed by atoms with Gasteiger partial charge in [0.15, 0.2) is 0 Å². The van der Waals surface area contributed by atoms with E-state index in [-0.39, 0.29) is 0 Å². The third kappa shape index (κ3) is 2.96. The minimum absolute atomic E-state index is 0.312. The Bertz CT molecular complexity index is 344. The van der Waals surface area contributed by atoms with E-state index in [0.717, 1.165) is 12.8 Å². The van der Waals surface area contributed by atoms with Gasteiger partial charge in [0.1, 0.15) is 6.29 Å². The average Bonchev–Trinajstić information content (AvgIpc) is 2.40. The molecule has 1 aromatic rings. The molecule has 17 heavy (non-hydrogen) atoms. The molecule has 3 atom stereocenters. The van der Waals surface area contributed by atoms with Crippen LogP contribution in [0.15, 0.2) is 30.3 Å². The monoisotopic (exact) mass is 230 g/mol. The maximum absolute atomic E-state index is 11.0. The number of hydrogen-bond acceptors (Lipinski definition) is 1. The van der Waals surface area contributed by atoms with Crippen LogP contribution in [0.3, 0.4) is 0 Å². The summed E-state index contributed by atoms with van der Waals surface area (Å²) in [6.45, 7) is 2.24. The molecule has 0 N–H and O–H groups in total. The van der Waals surface area contributed by atoms with Gasteiger partial charge >= 0.3 is 0 Å². The van der Waals surface area contributed by atoms with E-state index in [1.54, 1.807) is 0 Å². The van der Waals surface area contributed by atoms with Gasteiger partial charge in [-0.1, -0.05) is 50.1 Å². The van der Waals surface area contributed by atoms with Crippen molar-refractivity contribution in [2.75, 3.05) is 0 Å². The maximum Gasteiger partial charge on any atom is 0.123 e. The van der Waals surface area contributed by atoms with Crippen molar-refractivity contribution in [3.63, 3.8) is 0 Å². The van der Waals surface area contributed by atoms with Crippen molar-refractivity contribution >= 4 is 6.29 Å². The fraction of sp³-hybridized carbons (Fsp3) is 0.562. The van der Waals surface area contributed by atoms with Crippen LogP contribution in [-0.4, -0.2) is 6.29 Å². The highest BCUT2D eigenvalue weighted by molar-refractivity contribution is 5.53. The Morgan fingerprint density at radius 3 is 2.65 bits per heavy atom. The molecule has 1 aromatic carbocycles. The van der Waals surface area contributed by atoms with E-state index < -0.39 is 0 Å². The van der Waals surface area contributed by atoms with Crippen LogP contribution < -0.4 is 0 Å². The zero-order valence-corrected chi connectivity index (χ0v) is 10.6. The molecule has 1 aliphatic rings. The predicted octanol–water partition coefficient (Wildman–Crippen LogP) is 4.19. The third-order valence-corrected chi connectivity index (χ3v) is 4.10. The summed E-state index contributed by atoms with van der Waals surface area (Å²) in [4.78, 5) is 11.0. The minimum Gasteiger partial charge on any atom is -0.303 e. The van der Waals surface area contributed by atoms with Crippen LogP contribution in [0, 0.1) is 11.8 Å². The lowest BCUT2D eigenvalue weighted by molar-refractivity contribution is -0.112. The lowest BCUT2D eigenvalue weighted by atomic mass is 9.70. The highest BCUT2D eigenvalue weighted by atomic mass is 16.1. The zero-order valence-electron chi connectivity index (χ0n) is 10.6. The topological polar surface area (TPSA) is 17.1 Å². The third-order valence-electron chi connectivity index (χ3n) is 4.10. The van der Waals surface area contributed by atoms with E-state index in [4.69, 9.17) is 0 Å².